The molecule has 0 bridgehead atoms. The number of benzene rings is 6. The van der Waals surface area contributed by atoms with Crippen LogP contribution in [-0.4, -0.2) is 76.7 Å². The average Bonchev–Trinajstić information content (AvgIpc) is 3.34. The molecule has 0 saturated heterocycles. The Balaban J connectivity index is 0.000000328. The molecule has 0 atom stereocenters. The second-order valence-electron chi connectivity index (χ2n) is 15.2. The number of nitrogens with two attached hydrogens (primary N) is 1. The van der Waals surface area contributed by atoms with Gasteiger partial charge in [0.1, 0.15) is 0 Å². The number of nitrogens with zero attached hydrogens (tertiary/aromatic N) is 8. The number of ether oxygens (including phenoxy) is 1. The standard InChI is InChI=1S/C16H14BrNO2.C16H14N4O2.C12H5BrO3.C4H11N.C2H6O.CH4.N3.Na/c1-2-3-9-18-15(19)11-6-4-5-10-13(17)8-7-12(14(10)11)16(18)20;1-2-3-9-20-15(21)11-6-4-5-10-13(18-19-17)8-7-12(14(10)11)16(20)22;13-9-5-4-8-10-6(9)2-1-3-7(10)11(14)16-12(8)15;1-2-3-4-5;1-2-3;;1-3-2;/h4-8H,2-3,9H2,1H3;4-8H,2-3,9H2,1H3;1-5H;2-5H2,1H3;3H,2H2,1H3;1H4;;/q;;;;;;-1;+1. The molecule has 3 aliphatic rings. The first-order chi connectivity index (χ1) is 33.3. The Morgan fingerprint density at radius 1 is 0.563 bits per heavy atom. The van der Waals surface area contributed by atoms with Crippen LogP contribution in [0.5, 0.6) is 0 Å². The quantitative estimate of drug-likeness (QED) is 0.0265. The number of carbonyl (C=O) groups is 6. The van der Waals surface area contributed by atoms with E-state index in [1.165, 1.54) is 27.6 Å². The molecule has 0 saturated carbocycles. The maximum absolute atomic E-state index is 12.6. The number of carbonyl (C=O) groups excluding carboxylic acids is 6. The third-order valence-corrected chi connectivity index (χ3v) is 12.1. The van der Waals surface area contributed by atoms with Gasteiger partial charge < -0.3 is 26.6 Å². The van der Waals surface area contributed by atoms with Gasteiger partial charge in [-0.3, -0.25) is 33.9 Å². The first kappa shape index (κ1) is 61.1. The minimum absolute atomic E-state index is 0. The van der Waals surface area contributed by atoms with Gasteiger partial charge in [-0.1, -0.05) is 127 Å². The summed E-state index contributed by atoms with van der Waals surface area (Å²) in [4.78, 5) is 80.3. The normalized spacial score (nSPS) is 12.3. The van der Waals surface area contributed by atoms with Crippen LogP contribution < -0.4 is 35.3 Å². The van der Waals surface area contributed by atoms with Crippen LogP contribution in [0.3, 0.4) is 0 Å². The maximum atomic E-state index is 12.6. The van der Waals surface area contributed by atoms with Crippen LogP contribution in [-0.2, 0) is 4.74 Å². The van der Waals surface area contributed by atoms with Crippen LogP contribution in [0.1, 0.15) is 136 Å². The van der Waals surface area contributed by atoms with E-state index in [1.807, 2.05) is 38.1 Å². The Bertz CT molecular complexity index is 2950. The van der Waals surface area contributed by atoms with Crippen molar-refractivity contribution in [2.24, 2.45) is 10.8 Å². The van der Waals surface area contributed by atoms with Crippen LogP contribution in [0.4, 0.5) is 5.69 Å². The van der Waals surface area contributed by atoms with Gasteiger partial charge in [-0.15, -0.1) is 0 Å². The molecule has 0 fully saturated rings. The zero-order valence-corrected chi connectivity index (χ0v) is 44.6. The Morgan fingerprint density at radius 3 is 1.30 bits per heavy atom. The molecule has 0 aromatic heterocycles. The Kier molecular flexibility index (Phi) is 25.9. The topological polar surface area (TPSA) is 272 Å². The van der Waals surface area contributed by atoms with Crippen LogP contribution in [0.25, 0.3) is 58.7 Å². The number of halogens is 2. The molecule has 3 heterocycles. The Hall–Kier alpha value is -5.98. The molecular formula is C51H54Br2N9NaO8. The molecule has 71 heavy (non-hydrogen) atoms. The van der Waals surface area contributed by atoms with Gasteiger partial charge in [0.2, 0.25) is 0 Å². The van der Waals surface area contributed by atoms with E-state index in [1.54, 1.807) is 73.7 Å². The predicted octanol–water partition coefficient (Wildman–Crippen LogP) is 10.3. The summed E-state index contributed by atoms with van der Waals surface area (Å²) in [5, 5.41) is 15.6. The molecule has 366 valence electrons. The van der Waals surface area contributed by atoms with E-state index in [0.29, 0.717) is 68.3 Å². The Morgan fingerprint density at radius 2 is 0.901 bits per heavy atom. The predicted molar refractivity (Wildman–Crippen MR) is 280 cm³/mol. The molecule has 3 aliphatic heterocycles. The van der Waals surface area contributed by atoms with Crippen molar-refractivity contribution in [3.05, 3.63) is 160 Å². The van der Waals surface area contributed by atoms with Gasteiger partial charge in [0.05, 0.1) is 11.1 Å². The largest absolute Gasteiger partial charge is 1.00 e. The van der Waals surface area contributed by atoms with Crippen LogP contribution in [0, 0.1) is 0 Å². The zero-order valence-electron chi connectivity index (χ0n) is 39.4. The van der Waals surface area contributed by atoms with Gasteiger partial charge in [0.25, 0.3) is 23.6 Å². The van der Waals surface area contributed by atoms with Gasteiger partial charge in [-0.25, -0.2) is 9.59 Å². The summed E-state index contributed by atoms with van der Waals surface area (Å²) < 4.78 is 6.41. The van der Waals surface area contributed by atoms with E-state index in [-0.39, 0.29) is 67.2 Å². The number of imide groups is 2. The summed E-state index contributed by atoms with van der Waals surface area (Å²) in [5.41, 5.74) is 30.8. The van der Waals surface area contributed by atoms with Crippen molar-refractivity contribution >= 4 is 105 Å². The van der Waals surface area contributed by atoms with Gasteiger partial charge in [0, 0.05) is 77.7 Å². The van der Waals surface area contributed by atoms with Crippen molar-refractivity contribution in [2.45, 2.75) is 73.6 Å². The minimum atomic E-state index is -0.582. The minimum Gasteiger partial charge on any atom is -0.397 e. The zero-order chi connectivity index (χ0) is 50.8. The summed E-state index contributed by atoms with van der Waals surface area (Å²) in [5.74, 6) is -2.09. The number of rotatable bonds is 9. The van der Waals surface area contributed by atoms with Crippen molar-refractivity contribution in [2.75, 3.05) is 26.2 Å². The van der Waals surface area contributed by atoms with E-state index >= 15 is 0 Å². The van der Waals surface area contributed by atoms with E-state index in [4.69, 9.17) is 27.4 Å². The molecule has 20 heteroatoms. The molecule has 0 radical (unpaired) electrons. The molecule has 17 nitrogen and oxygen atoms in total. The fraction of sp³-hybridized carbons (Fsp3) is 0.294. The number of cyclic esters (lactones) is 2. The number of hydrogen-bond donors (Lipinski definition) is 2. The van der Waals surface area contributed by atoms with Crippen molar-refractivity contribution in [1.29, 1.82) is 0 Å². The SMILES string of the molecule is C.CCCCN.CCCCN1C(=O)c2cccc3c(Br)ccc(c23)C1=O.CCCCN1C(=O)c2cccc3c(N=[N+]=[N-])ccc(c23)C1=O.CCO.O=C1OC(=O)c2ccc(Br)c3cccc1c23.[N-]=[N+]=[N-].[Na+]. The molecule has 6 aromatic carbocycles. The fourth-order valence-corrected chi connectivity index (χ4v) is 8.45. The fourth-order valence-electron chi connectivity index (χ4n) is 7.52. The van der Waals surface area contributed by atoms with Crippen molar-refractivity contribution in [1.82, 2.24) is 9.80 Å². The molecule has 0 spiro atoms. The summed E-state index contributed by atoms with van der Waals surface area (Å²) in [6, 6.07) is 26.4. The third kappa shape index (κ3) is 14.1. The number of amides is 4. The number of hydrogen-bond acceptors (Lipinski definition) is 10. The van der Waals surface area contributed by atoms with Gasteiger partial charge in [0.15, 0.2) is 0 Å². The van der Waals surface area contributed by atoms with E-state index in [0.717, 1.165) is 57.3 Å². The summed E-state index contributed by atoms with van der Waals surface area (Å²) in [6.07, 6.45) is 5.85. The summed E-state index contributed by atoms with van der Waals surface area (Å²) in [6.45, 7) is 9.87. The van der Waals surface area contributed by atoms with Crippen molar-refractivity contribution in [3.8, 4) is 0 Å². The first-order valence-corrected chi connectivity index (χ1v) is 23.7. The second-order valence-corrected chi connectivity index (χ2v) is 16.9. The average molecular weight is 1100 g/mol. The van der Waals surface area contributed by atoms with E-state index < -0.39 is 11.9 Å². The van der Waals surface area contributed by atoms with Gasteiger partial charge >= 0.3 is 41.5 Å². The number of esters is 2. The first-order valence-electron chi connectivity index (χ1n) is 22.1. The second kappa shape index (κ2) is 30.0. The number of aliphatic hydroxyl groups excluding tert-OH is 1. The van der Waals surface area contributed by atoms with Crippen LogP contribution in [0.15, 0.2) is 105 Å². The van der Waals surface area contributed by atoms with Crippen molar-refractivity contribution < 1.29 is 68.2 Å². The van der Waals surface area contributed by atoms with Crippen molar-refractivity contribution in [3.63, 3.8) is 0 Å². The number of unbranched alkanes of at least 4 members (excludes halogenated alkanes) is 3. The molecule has 9 rings (SSSR count). The number of azide groups is 1. The molecule has 0 unspecified atom stereocenters. The van der Waals surface area contributed by atoms with Crippen LogP contribution >= 0.6 is 31.9 Å². The molecule has 4 amide bonds. The summed E-state index contributed by atoms with van der Waals surface area (Å²) >= 11 is 6.87. The monoisotopic (exact) mass is 1100 g/mol. The molecular weight excluding hydrogens is 1050 g/mol. The number of aliphatic hydroxyl groups is 1. The summed E-state index contributed by atoms with van der Waals surface area (Å²) in [7, 11) is 0. The Labute approximate surface area is 450 Å². The van der Waals surface area contributed by atoms with Gasteiger partial charge in [-0.05, 0) is 103 Å². The van der Waals surface area contributed by atoms with Gasteiger partial charge in [-0.2, -0.15) is 0 Å². The van der Waals surface area contributed by atoms with E-state index in [2.05, 4.69) is 53.5 Å². The molecule has 0 aliphatic carbocycles. The molecule has 3 N–H and O–H groups in total. The third-order valence-electron chi connectivity index (χ3n) is 10.7. The van der Waals surface area contributed by atoms with Crippen LogP contribution in [0.2, 0.25) is 0 Å². The maximum Gasteiger partial charge on any atom is 1.00 e. The smallest absolute Gasteiger partial charge is 0.397 e. The molecule has 6 aromatic rings. The van der Waals surface area contributed by atoms with E-state index in [9.17, 15) is 28.8 Å².